The lowest BCUT2D eigenvalue weighted by molar-refractivity contribution is -0.132. The molecule has 0 saturated carbocycles. The van der Waals surface area contributed by atoms with Crippen LogP contribution in [0.2, 0.25) is 0 Å². The van der Waals surface area contributed by atoms with E-state index >= 15 is 4.39 Å². The summed E-state index contributed by atoms with van der Waals surface area (Å²) in [6.07, 6.45) is 8.94. The predicted molar refractivity (Wildman–Crippen MR) is 198 cm³/mol. The molecular formula is C44H29FO8. The highest BCUT2D eigenvalue weighted by Gasteiger charge is 2.23. The fraction of sp³-hybridized carbons (Fsp3) is 0.0227. The van der Waals surface area contributed by atoms with Gasteiger partial charge in [-0.25, -0.2) is 18.8 Å². The van der Waals surface area contributed by atoms with Gasteiger partial charge in [-0.15, -0.1) is 0 Å². The lowest BCUT2D eigenvalue weighted by atomic mass is 9.97. The average molecular weight is 705 g/mol. The molecule has 0 bridgehead atoms. The third-order valence-corrected chi connectivity index (χ3v) is 6.90. The molecule has 0 spiro atoms. The second kappa shape index (κ2) is 18.8. The Balaban J connectivity index is 1.73. The molecule has 4 rings (SSSR count). The van der Waals surface area contributed by atoms with Gasteiger partial charge >= 0.3 is 17.9 Å². The maximum atomic E-state index is 16.5. The number of esters is 3. The highest BCUT2D eigenvalue weighted by molar-refractivity contribution is 5.85. The van der Waals surface area contributed by atoms with Crippen molar-refractivity contribution in [2.24, 2.45) is 0 Å². The number of carbonyl (C=O) groups is 3. The molecule has 9 heteroatoms. The Morgan fingerprint density at radius 2 is 1.09 bits per heavy atom. The Kier molecular flexibility index (Phi) is 13.5. The zero-order chi connectivity index (χ0) is 38.2. The molecule has 0 saturated heterocycles. The van der Waals surface area contributed by atoms with Crippen molar-refractivity contribution in [3.8, 4) is 69.6 Å². The summed E-state index contributed by atoms with van der Waals surface area (Å²) in [4.78, 5) is 34.9. The zero-order valence-electron chi connectivity index (χ0n) is 28.2. The summed E-state index contributed by atoms with van der Waals surface area (Å²) in [5, 5.41) is 0. The number of benzene rings is 4. The summed E-state index contributed by atoms with van der Waals surface area (Å²) >= 11 is 0. The fourth-order valence-electron chi connectivity index (χ4n) is 4.24. The Bertz CT molecular complexity index is 2280. The van der Waals surface area contributed by atoms with Gasteiger partial charge in [0.05, 0.1) is 0 Å². The second-order valence-corrected chi connectivity index (χ2v) is 10.3. The first-order valence-electron chi connectivity index (χ1n) is 15.4. The molecule has 0 amide bonds. The maximum Gasteiger partial charge on any atom is 0.344 e. The molecule has 0 aliphatic carbocycles. The Hall–Kier alpha value is -7.80. The Morgan fingerprint density at radius 1 is 0.623 bits per heavy atom. The first-order valence-corrected chi connectivity index (χ1v) is 15.4. The van der Waals surface area contributed by atoms with E-state index in [2.05, 4.69) is 73.5 Å². The van der Waals surface area contributed by atoms with Gasteiger partial charge < -0.3 is 23.7 Å². The molecular weight excluding hydrogens is 675 g/mol. The normalized spacial score (nSPS) is 9.45. The maximum absolute atomic E-state index is 16.5. The highest BCUT2D eigenvalue weighted by Crippen LogP contribution is 2.39. The third kappa shape index (κ3) is 10.8. The SMILES string of the molecule is C=CC(=C)OCOc1c(F)c(-c2ccc(-c3ccc(C#COC(=O)C=C)cc3)cc2)cc(OC(=O)C=C)c1C#Cc1ccc(C#COC(=O)C=C)cc1. The van der Waals surface area contributed by atoms with Crippen molar-refractivity contribution < 1.29 is 42.5 Å². The molecule has 260 valence electrons. The van der Waals surface area contributed by atoms with Crippen molar-refractivity contribution in [1.82, 2.24) is 0 Å². The highest BCUT2D eigenvalue weighted by atomic mass is 19.1. The second-order valence-electron chi connectivity index (χ2n) is 10.3. The summed E-state index contributed by atoms with van der Waals surface area (Å²) in [7, 11) is 0. The quantitative estimate of drug-likeness (QED) is 0.0297. The van der Waals surface area contributed by atoms with Crippen molar-refractivity contribution in [2.75, 3.05) is 6.79 Å². The summed E-state index contributed by atoms with van der Waals surface area (Å²) in [6, 6.07) is 22.1. The van der Waals surface area contributed by atoms with E-state index in [4.69, 9.17) is 18.9 Å². The van der Waals surface area contributed by atoms with Gasteiger partial charge in [-0.1, -0.05) is 81.1 Å². The number of allylic oxidation sites excluding steroid dienone is 1. The molecule has 4 aromatic carbocycles. The van der Waals surface area contributed by atoms with Gasteiger partial charge in [0.25, 0.3) is 0 Å². The van der Waals surface area contributed by atoms with Gasteiger partial charge in [0.2, 0.25) is 6.79 Å². The first kappa shape index (κ1) is 38.0. The lowest BCUT2D eigenvalue weighted by Gasteiger charge is -2.17. The number of carbonyl (C=O) groups excluding carboxylic acids is 3. The molecule has 0 atom stereocenters. The van der Waals surface area contributed by atoms with E-state index in [-0.39, 0.29) is 28.4 Å². The van der Waals surface area contributed by atoms with Crippen LogP contribution in [0, 0.1) is 41.7 Å². The summed E-state index contributed by atoms with van der Waals surface area (Å²) < 4.78 is 42.5. The van der Waals surface area contributed by atoms with Crippen LogP contribution in [0.3, 0.4) is 0 Å². The molecule has 4 aromatic rings. The number of hydrogen-bond acceptors (Lipinski definition) is 8. The van der Waals surface area contributed by atoms with Gasteiger partial charge in [-0.3, -0.25) is 0 Å². The van der Waals surface area contributed by atoms with Crippen LogP contribution in [0.5, 0.6) is 11.5 Å². The van der Waals surface area contributed by atoms with E-state index in [9.17, 15) is 14.4 Å². The zero-order valence-corrected chi connectivity index (χ0v) is 28.2. The molecule has 0 heterocycles. The van der Waals surface area contributed by atoms with Crippen LogP contribution in [0.4, 0.5) is 4.39 Å². The Morgan fingerprint density at radius 3 is 1.60 bits per heavy atom. The fourth-order valence-corrected chi connectivity index (χ4v) is 4.24. The van der Waals surface area contributed by atoms with Gasteiger partial charge in [0.1, 0.15) is 23.5 Å². The smallest absolute Gasteiger partial charge is 0.344 e. The minimum absolute atomic E-state index is 0.0475. The van der Waals surface area contributed by atoms with E-state index in [1.54, 1.807) is 60.7 Å². The van der Waals surface area contributed by atoms with Crippen molar-refractivity contribution in [3.63, 3.8) is 0 Å². The Labute approximate surface area is 306 Å². The van der Waals surface area contributed by atoms with Crippen LogP contribution in [-0.2, 0) is 28.6 Å². The van der Waals surface area contributed by atoms with Crippen molar-refractivity contribution in [3.05, 3.63) is 170 Å². The van der Waals surface area contributed by atoms with Crippen LogP contribution in [-0.4, -0.2) is 24.7 Å². The van der Waals surface area contributed by atoms with E-state index in [1.807, 2.05) is 12.1 Å². The number of rotatable bonds is 11. The van der Waals surface area contributed by atoms with Crippen molar-refractivity contribution in [2.45, 2.75) is 0 Å². The predicted octanol–water partition coefficient (Wildman–Crippen LogP) is 7.78. The van der Waals surface area contributed by atoms with E-state index < -0.39 is 30.5 Å². The van der Waals surface area contributed by atoms with Gasteiger partial charge in [-0.2, -0.15) is 0 Å². The molecule has 0 fully saturated rings. The minimum atomic E-state index is -0.810. The first-order chi connectivity index (χ1) is 25.6. The van der Waals surface area contributed by atoms with Crippen LogP contribution in [0.1, 0.15) is 22.3 Å². The molecule has 0 N–H and O–H groups in total. The molecule has 0 radical (unpaired) electrons. The van der Waals surface area contributed by atoms with Crippen LogP contribution < -0.4 is 9.47 Å². The van der Waals surface area contributed by atoms with Gasteiger partial charge in [0.15, 0.2) is 17.3 Å². The average Bonchev–Trinajstić information content (AvgIpc) is 3.19. The molecule has 0 aliphatic heterocycles. The topological polar surface area (TPSA) is 97.4 Å². The molecule has 8 nitrogen and oxygen atoms in total. The number of ether oxygens (including phenoxy) is 5. The number of halogens is 1. The number of hydrogen-bond donors (Lipinski definition) is 0. The van der Waals surface area contributed by atoms with E-state index in [0.29, 0.717) is 22.3 Å². The third-order valence-electron chi connectivity index (χ3n) is 6.90. The van der Waals surface area contributed by atoms with Crippen LogP contribution in [0.25, 0.3) is 22.3 Å². The van der Waals surface area contributed by atoms with Crippen molar-refractivity contribution in [1.29, 1.82) is 0 Å². The largest absolute Gasteiger partial charge is 0.458 e. The lowest BCUT2D eigenvalue weighted by Crippen LogP contribution is -2.09. The van der Waals surface area contributed by atoms with E-state index in [0.717, 1.165) is 29.4 Å². The summed E-state index contributed by atoms with van der Waals surface area (Å²) in [5.41, 5.74) is 3.72. The van der Waals surface area contributed by atoms with Crippen LogP contribution in [0.15, 0.2) is 142 Å². The van der Waals surface area contributed by atoms with Crippen LogP contribution >= 0.6 is 0 Å². The standard InChI is InChI=1S/C44H29FO8/c1-6-30(5)51-29-52-44-37(23-16-31-10-12-32(13-11-31)24-26-49-40(46)7-2)39(53-42(48)9-4)28-38(43(44)45)36-21-19-35(20-22-36)34-17-14-33(15-18-34)25-27-50-41(47)8-3/h6-15,17-22,28H,1-5,29H2. The molecule has 0 aliphatic rings. The van der Waals surface area contributed by atoms with Crippen molar-refractivity contribution >= 4 is 17.9 Å². The van der Waals surface area contributed by atoms with Gasteiger partial charge in [-0.05, 0) is 77.1 Å². The summed E-state index contributed by atoms with van der Waals surface area (Å²) in [6.45, 7) is 16.9. The summed E-state index contributed by atoms with van der Waals surface area (Å²) in [5.74, 6) is 7.99. The minimum Gasteiger partial charge on any atom is -0.458 e. The van der Waals surface area contributed by atoms with E-state index in [1.165, 1.54) is 12.1 Å². The molecule has 53 heavy (non-hydrogen) atoms. The molecule has 0 aromatic heterocycles. The molecule has 0 unspecified atom stereocenters. The van der Waals surface area contributed by atoms with Gasteiger partial charge in [0, 0.05) is 40.5 Å². The monoisotopic (exact) mass is 704 g/mol.